The molecule has 0 unspecified atom stereocenters. The number of hydrogen-bond acceptors (Lipinski definition) is 2. The van der Waals surface area contributed by atoms with Crippen LogP contribution in [-0.4, -0.2) is 7.11 Å². The van der Waals surface area contributed by atoms with E-state index >= 15 is 0 Å². The number of halogens is 1. The lowest BCUT2D eigenvalue weighted by Crippen LogP contribution is -2.09. The van der Waals surface area contributed by atoms with Crippen LogP contribution in [0.25, 0.3) is 0 Å². The molecule has 3 heteroatoms. The van der Waals surface area contributed by atoms with Crippen LogP contribution in [0, 0.1) is 0 Å². The largest absolute Gasteiger partial charge is 0.497 e. The summed E-state index contributed by atoms with van der Waals surface area (Å²) in [4.78, 5) is 0. The molecule has 14 heavy (non-hydrogen) atoms. The van der Waals surface area contributed by atoms with E-state index in [2.05, 4.69) is 6.92 Å². The second-order valence-corrected chi connectivity index (χ2v) is 3.76. The summed E-state index contributed by atoms with van der Waals surface area (Å²) in [5, 5.41) is 0.672. The first-order valence-corrected chi connectivity index (χ1v) is 5.15. The van der Waals surface area contributed by atoms with Gasteiger partial charge in [-0.1, -0.05) is 24.9 Å². The second-order valence-electron chi connectivity index (χ2n) is 3.32. The molecular weight excluding hydrogens is 198 g/mol. The van der Waals surface area contributed by atoms with Crippen LogP contribution < -0.4 is 10.5 Å². The van der Waals surface area contributed by atoms with E-state index in [0.29, 0.717) is 5.02 Å². The average Bonchev–Trinajstić information content (AvgIpc) is 2.17. The zero-order valence-electron chi connectivity index (χ0n) is 8.59. The molecule has 0 spiro atoms. The molecule has 2 nitrogen and oxygen atoms in total. The van der Waals surface area contributed by atoms with E-state index in [9.17, 15) is 0 Å². The van der Waals surface area contributed by atoms with E-state index in [0.717, 1.165) is 24.2 Å². The first kappa shape index (κ1) is 11.3. The van der Waals surface area contributed by atoms with Crippen molar-refractivity contribution in [3.63, 3.8) is 0 Å². The summed E-state index contributed by atoms with van der Waals surface area (Å²) in [7, 11) is 1.63. The minimum Gasteiger partial charge on any atom is -0.497 e. The van der Waals surface area contributed by atoms with Gasteiger partial charge < -0.3 is 10.5 Å². The number of nitrogens with two attached hydrogens (primary N) is 1. The number of methoxy groups -OCH3 is 1. The predicted molar refractivity (Wildman–Crippen MR) is 59.8 cm³/mol. The highest BCUT2D eigenvalue weighted by atomic mass is 35.5. The molecule has 2 N–H and O–H groups in total. The topological polar surface area (TPSA) is 35.2 Å². The zero-order valence-corrected chi connectivity index (χ0v) is 9.34. The molecule has 78 valence electrons. The van der Waals surface area contributed by atoms with Crippen LogP contribution in [0.1, 0.15) is 31.4 Å². The highest BCUT2D eigenvalue weighted by Crippen LogP contribution is 2.25. The number of hydrogen-bond donors (Lipinski definition) is 1. The Hall–Kier alpha value is -0.730. The molecule has 0 fully saturated rings. The van der Waals surface area contributed by atoms with Crippen LogP contribution in [0.5, 0.6) is 5.75 Å². The Bertz CT molecular complexity index is 301. The molecular formula is C11H16ClNO. The lowest BCUT2D eigenvalue weighted by molar-refractivity contribution is 0.413. The highest BCUT2D eigenvalue weighted by Gasteiger charge is 2.07. The molecule has 0 aliphatic heterocycles. The van der Waals surface area contributed by atoms with Crippen molar-refractivity contribution in [3.8, 4) is 5.75 Å². The zero-order chi connectivity index (χ0) is 10.6. The Morgan fingerprint density at radius 3 is 2.71 bits per heavy atom. The molecule has 1 rings (SSSR count). The standard InChI is InChI=1S/C11H16ClNO/c1-3-4-11(13)8-5-9(12)7-10(6-8)14-2/h5-7,11H,3-4,13H2,1-2H3/t11-/m1/s1. The molecule has 0 radical (unpaired) electrons. The third kappa shape index (κ3) is 2.89. The third-order valence-corrected chi connectivity index (χ3v) is 2.38. The molecule has 1 atom stereocenters. The Morgan fingerprint density at radius 2 is 2.14 bits per heavy atom. The Labute approximate surface area is 90.0 Å². The van der Waals surface area contributed by atoms with Crippen LogP contribution in [0.15, 0.2) is 18.2 Å². The summed E-state index contributed by atoms with van der Waals surface area (Å²) < 4.78 is 5.12. The molecule has 0 aromatic heterocycles. The summed E-state index contributed by atoms with van der Waals surface area (Å²) in [6.07, 6.45) is 2.03. The summed E-state index contributed by atoms with van der Waals surface area (Å²) in [5.74, 6) is 0.763. The quantitative estimate of drug-likeness (QED) is 0.834. The average molecular weight is 214 g/mol. The van der Waals surface area contributed by atoms with Gasteiger partial charge in [0.1, 0.15) is 5.75 Å². The van der Waals surface area contributed by atoms with Gasteiger partial charge in [-0.2, -0.15) is 0 Å². The van der Waals surface area contributed by atoms with E-state index in [1.54, 1.807) is 13.2 Å². The van der Waals surface area contributed by atoms with E-state index in [1.807, 2.05) is 12.1 Å². The Kier molecular flexibility index (Phi) is 4.23. The smallest absolute Gasteiger partial charge is 0.120 e. The minimum atomic E-state index is 0.0487. The van der Waals surface area contributed by atoms with Gasteiger partial charge in [0.15, 0.2) is 0 Å². The SMILES string of the molecule is CCC[C@@H](N)c1cc(Cl)cc(OC)c1. The van der Waals surface area contributed by atoms with Gasteiger partial charge in [0.2, 0.25) is 0 Å². The predicted octanol–water partition coefficient (Wildman–Crippen LogP) is 3.15. The van der Waals surface area contributed by atoms with Gasteiger partial charge in [-0.3, -0.25) is 0 Å². The van der Waals surface area contributed by atoms with Gasteiger partial charge in [0.25, 0.3) is 0 Å². The summed E-state index contributed by atoms with van der Waals surface area (Å²) >= 11 is 5.94. The molecule has 0 saturated carbocycles. The Morgan fingerprint density at radius 1 is 1.43 bits per heavy atom. The first-order chi connectivity index (χ1) is 6.67. The fourth-order valence-electron chi connectivity index (χ4n) is 1.39. The molecule has 0 amide bonds. The van der Waals surface area contributed by atoms with E-state index in [1.165, 1.54) is 0 Å². The van der Waals surface area contributed by atoms with E-state index in [-0.39, 0.29) is 6.04 Å². The van der Waals surface area contributed by atoms with Crippen LogP contribution >= 0.6 is 11.6 Å². The maximum Gasteiger partial charge on any atom is 0.120 e. The monoisotopic (exact) mass is 213 g/mol. The van der Waals surface area contributed by atoms with Crippen LogP contribution in [-0.2, 0) is 0 Å². The number of benzene rings is 1. The van der Waals surface area contributed by atoms with Gasteiger partial charge in [0, 0.05) is 11.1 Å². The van der Waals surface area contributed by atoms with Gasteiger partial charge in [0.05, 0.1) is 7.11 Å². The van der Waals surface area contributed by atoms with Crippen molar-refractivity contribution < 1.29 is 4.74 Å². The molecule has 1 aromatic rings. The second kappa shape index (κ2) is 5.23. The van der Waals surface area contributed by atoms with Gasteiger partial charge in [-0.15, -0.1) is 0 Å². The van der Waals surface area contributed by atoms with Crippen LogP contribution in [0.3, 0.4) is 0 Å². The summed E-state index contributed by atoms with van der Waals surface area (Å²) in [5.41, 5.74) is 7.02. The van der Waals surface area contributed by atoms with Gasteiger partial charge >= 0.3 is 0 Å². The van der Waals surface area contributed by atoms with Crippen molar-refractivity contribution in [1.29, 1.82) is 0 Å². The maximum absolute atomic E-state index is 5.98. The lowest BCUT2D eigenvalue weighted by Gasteiger charge is -2.12. The number of ether oxygens (including phenoxy) is 1. The summed E-state index contributed by atoms with van der Waals surface area (Å²) in [6, 6.07) is 5.66. The normalized spacial score (nSPS) is 12.6. The van der Waals surface area contributed by atoms with E-state index < -0.39 is 0 Å². The van der Waals surface area contributed by atoms with E-state index in [4.69, 9.17) is 22.1 Å². The lowest BCUT2D eigenvalue weighted by atomic mass is 10.0. The van der Waals surface area contributed by atoms with Crippen molar-refractivity contribution in [3.05, 3.63) is 28.8 Å². The highest BCUT2D eigenvalue weighted by molar-refractivity contribution is 6.30. The Balaban J connectivity index is 2.90. The van der Waals surface area contributed by atoms with Crippen molar-refractivity contribution in [2.75, 3.05) is 7.11 Å². The summed E-state index contributed by atoms with van der Waals surface area (Å²) in [6.45, 7) is 2.11. The molecule has 0 heterocycles. The number of rotatable bonds is 4. The fraction of sp³-hybridized carbons (Fsp3) is 0.455. The van der Waals surface area contributed by atoms with Crippen LogP contribution in [0.4, 0.5) is 0 Å². The van der Waals surface area contributed by atoms with Crippen molar-refractivity contribution in [2.24, 2.45) is 5.73 Å². The van der Waals surface area contributed by atoms with Gasteiger partial charge in [-0.05, 0) is 30.2 Å². The molecule has 0 aliphatic rings. The van der Waals surface area contributed by atoms with Crippen molar-refractivity contribution in [1.82, 2.24) is 0 Å². The maximum atomic E-state index is 5.98. The van der Waals surface area contributed by atoms with Gasteiger partial charge in [-0.25, -0.2) is 0 Å². The van der Waals surface area contributed by atoms with Crippen molar-refractivity contribution >= 4 is 11.6 Å². The fourth-order valence-corrected chi connectivity index (χ4v) is 1.63. The molecule has 0 saturated heterocycles. The molecule has 0 aliphatic carbocycles. The molecule has 1 aromatic carbocycles. The molecule has 0 bridgehead atoms. The first-order valence-electron chi connectivity index (χ1n) is 4.77. The van der Waals surface area contributed by atoms with Crippen molar-refractivity contribution in [2.45, 2.75) is 25.8 Å². The minimum absolute atomic E-state index is 0.0487. The van der Waals surface area contributed by atoms with Crippen LogP contribution in [0.2, 0.25) is 5.02 Å². The third-order valence-electron chi connectivity index (χ3n) is 2.16.